The second kappa shape index (κ2) is 11.5. The van der Waals surface area contributed by atoms with Gasteiger partial charge in [-0.2, -0.15) is 4.39 Å². The summed E-state index contributed by atoms with van der Waals surface area (Å²) in [5.74, 6) is -0.239. The number of nitrogens with zero attached hydrogens (tertiary/aromatic N) is 3. The van der Waals surface area contributed by atoms with Crippen LogP contribution in [-0.2, 0) is 0 Å². The predicted molar refractivity (Wildman–Crippen MR) is 137 cm³/mol. The number of carbonyl (C=O) groups excluding carboxylic acids is 1. The van der Waals surface area contributed by atoms with Gasteiger partial charge < -0.3 is 9.30 Å². The van der Waals surface area contributed by atoms with E-state index in [1.165, 1.54) is 18.3 Å². The molecule has 5 rings (SSSR count). The molecule has 0 fully saturated rings. The third-order valence-electron chi connectivity index (χ3n) is 5.17. The fraction of sp³-hybridized carbons (Fsp3) is 0.0357. The van der Waals surface area contributed by atoms with Crippen LogP contribution in [0.2, 0.25) is 0 Å². The molecule has 0 aliphatic rings. The van der Waals surface area contributed by atoms with Gasteiger partial charge in [0.05, 0.1) is 7.11 Å². The Morgan fingerprint density at radius 3 is 2.36 bits per heavy atom. The number of pyridine rings is 1. The minimum absolute atomic E-state index is 0.184. The monoisotopic (exact) mass is 547 g/mol. The van der Waals surface area contributed by atoms with Crippen LogP contribution in [0.25, 0.3) is 16.8 Å². The van der Waals surface area contributed by atoms with Gasteiger partial charge >= 0.3 is 0 Å². The Labute approximate surface area is 215 Å². The molecule has 8 heteroatoms. The van der Waals surface area contributed by atoms with E-state index in [4.69, 9.17) is 4.74 Å². The fourth-order valence-corrected chi connectivity index (χ4v) is 3.74. The summed E-state index contributed by atoms with van der Waals surface area (Å²) < 4.78 is 33.7. The van der Waals surface area contributed by atoms with Crippen molar-refractivity contribution in [3.8, 4) is 22.6 Å². The molecule has 0 saturated heterocycles. The van der Waals surface area contributed by atoms with Crippen molar-refractivity contribution in [3.63, 3.8) is 0 Å². The van der Waals surface area contributed by atoms with Crippen LogP contribution in [0.3, 0.4) is 0 Å². The molecule has 0 atom stereocenters. The summed E-state index contributed by atoms with van der Waals surface area (Å²) in [6.45, 7) is 0. The van der Waals surface area contributed by atoms with E-state index in [2.05, 4.69) is 25.9 Å². The molecule has 2 aromatic heterocycles. The van der Waals surface area contributed by atoms with Crippen LogP contribution >= 0.6 is 15.9 Å². The van der Waals surface area contributed by atoms with Crippen molar-refractivity contribution in [2.75, 3.05) is 7.11 Å². The minimum Gasteiger partial charge on any atom is -0.497 e. The van der Waals surface area contributed by atoms with Crippen LogP contribution in [0.5, 0.6) is 5.75 Å². The van der Waals surface area contributed by atoms with Gasteiger partial charge in [-0.05, 0) is 72.3 Å². The van der Waals surface area contributed by atoms with Gasteiger partial charge in [0.2, 0.25) is 11.7 Å². The van der Waals surface area contributed by atoms with E-state index in [0.29, 0.717) is 28.1 Å². The number of aromatic nitrogens is 3. The predicted octanol–water partition coefficient (Wildman–Crippen LogP) is 6.90. The molecular weight excluding hydrogens is 528 g/mol. The number of halogens is 3. The summed E-state index contributed by atoms with van der Waals surface area (Å²) in [5, 5.41) is 0. The van der Waals surface area contributed by atoms with E-state index in [1.807, 2.05) is 24.3 Å². The summed E-state index contributed by atoms with van der Waals surface area (Å²) in [7, 11) is 1.57. The molecule has 0 unspecified atom stereocenters. The molecule has 36 heavy (non-hydrogen) atoms. The number of hydrogen-bond acceptors (Lipinski definition) is 4. The van der Waals surface area contributed by atoms with Gasteiger partial charge in [0.25, 0.3) is 0 Å². The smallest absolute Gasteiger partial charge is 0.220 e. The lowest BCUT2D eigenvalue weighted by Gasteiger charge is -2.06. The van der Waals surface area contributed by atoms with E-state index in [9.17, 15) is 13.6 Å². The first-order valence-corrected chi connectivity index (χ1v) is 11.6. The Bertz CT molecular complexity index is 1470. The largest absolute Gasteiger partial charge is 0.497 e. The Kier molecular flexibility index (Phi) is 7.97. The third kappa shape index (κ3) is 6.09. The molecule has 0 spiro atoms. The molecule has 5 aromatic rings. The zero-order valence-electron chi connectivity index (χ0n) is 19.1. The van der Waals surface area contributed by atoms with Crippen molar-refractivity contribution in [1.82, 2.24) is 14.5 Å². The number of carbonyl (C=O) groups is 1. The third-order valence-corrected chi connectivity index (χ3v) is 5.66. The van der Waals surface area contributed by atoms with Gasteiger partial charge in [0.15, 0.2) is 0 Å². The molecular formula is C28H20BrF2N3O2. The Morgan fingerprint density at radius 2 is 1.69 bits per heavy atom. The highest BCUT2D eigenvalue weighted by molar-refractivity contribution is 9.10. The molecule has 2 heterocycles. The number of ketones is 1. The van der Waals surface area contributed by atoms with Crippen molar-refractivity contribution in [2.24, 2.45) is 0 Å². The highest BCUT2D eigenvalue weighted by atomic mass is 79.9. The summed E-state index contributed by atoms with van der Waals surface area (Å²) in [4.78, 5) is 20.6. The normalized spacial score (nSPS) is 10.3. The zero-order valence-corrected chi connectivity index (χ0v) is 20.7. The second-order valence-electron chi connectivity index (χ2n) is 7.56. The first kappa shape index (κ1) is 24.9. The van der Waals surface area contributed by atoms with Crippen LogP contribution < -0.4 is 4.74 Å². The SMILES string of the molecule is COc1ccc(C(=O)c2cn(-c3cccc(-c4cccnc4F)c3)cn2)cc1.Fc1cccc(Br)c1. The van der Waals surface area contributed by atoms with Gasteiger partial charge in [-0.15, -0.1) is 0 Å². The van der Waals surface area contributed by atoms with E-state index < -0.39 is 5.95 Å². The van der Waals surface area contributed by atoms with Crippen molar-refractivity contribution < 1.29 is 18.3 Å². The Morgan fingerprint density at radius 1 is 0.917 bits per heavy atom. The lowest BCUT2D eigenvalue weighted by Crippen LogP contribution is -2.01. The molecule has 0 bridgehead atoms. The molecule has 0 aliphatic carbocycles. The van der Waals surface area contributed by atoms with E-state index in [1.54, 1.807) is 72.7 Å². The average molecular weight is 548 g/mol. The number of hydrogen-bond donors (Lipinski definition) is 0. The van der Waals surface area contributed by atoms with Crippen LogP contribution in [0.15, 0.2) is 108 Å². The topological polar surface area (TPSA) is 57.0 Å². The number of ether oxygens (including phenoxy) is 1. The van der Waals surface area contributed by atoms with Crippen molar-refractivity contribution in [1.29, 1.82) is 0 Å². The average Bonchev–Trinajstić information content (AvgIpc) is 3.39. The molecule has 0 amide bonds. The maximum atomic E-state index is 14.0. The molecule has 0 aliphatic heterocycles. The number of rotatable bonds is 5. The van der Waals surface area contributed by atoms with Crippen LogP contribution in [0.1, 0.15) is 16.1 Å². The van der Waals surface area contributed by atoms with Crippen LogP contribution in [-0.4, -0.2) is 27.4 Å². The first-order chi connectivity index (χ1) is 17.4. The van der Waals surface area contributed by atoms with Crippen molar-refractivity contribution in [3.05, 3.63) is 131 Å². The van der Waals surface area contributed by atoms with Gasteiger partial charge in [0, 0.05) is 33.7 Å². The highest BCUT2D eigenvalue weighted by Gasteiger charge is 2.13. The van der Waals surface area contributed by atoms with Crippen molar-refractivity contribution >= 4 is 21.7 Å². The molecule has 0 N–H and O–H groups in total. The standard InChI is InChI=1S/C22H16FN3O2.C6H4BrF/c1-28-18-9-7-15(8-10-18)21(27)20-13-26(14-25-20)17-5-2-4-16(12-17)19-6-3-11-24-22(19)23;7-5-2-1-3-6(8)4-5/h2-14H,1H3;1-4H. The fourth-order valence-electron chi connectivity index (χ4n) is 3.37. The molecule has 5 nitrogen and oxygen atoms in total. The number of methoxy groups -OCH3 is 1. The second-order valence-corrected chi connectivity index (χ2v) is 8.47. The van der Waals surface area contributed by atoms with Gasteiger partial charge in [0.1, 0.15) is 23.6 Å². The lowest BCUT2D eigenvalue weighted by atomic mass is 10.1. The van der Waals surface area contributed by atoms with Gasteiger partial charge in [-0.3, -0.25) is 4.79 Å². The van der Waals surface area contributed by atoms with E-state index in [-0.39, 0.29) is 11.6 Å². The van der Waals surface area contributed by atoms with E-state index in [0.717, 1.165) is 10.2 Å². The lowest BCUT2D eigenvalue weighted by molar-refractivity contribution is 0.103. The summed E-state index contributed by atoms with van der Waals surface area (Å²) in [5.41, 5.74) is 2.72. The molecule has 0 radical (unpaired) electrons. The molecule has 180 valence electrons. The van der Waals surface area contributed by atoms with E-state index >= 15 is 0 Å². The van der Waals surface area contributed by atoms with Crippen molar-refractivity contribution in [2.45, 2.75) is 0 Å². The summed E-state index contributed by atoms with van der Waals surface area (Å²) >= 11 is 3.12. The first-order valence-electron chi connectivity index (χ1n) is 10.8. The van der Waals surface area contributed by atoms with Crippen LogP contribution in [0.4, 0.5) is 8.78 Å². The molecule has 0 saturated carbocycles. The quantitative estimate of drug-likeness (QED) is 0.177. The summed E-state index contributed by atoms with van der Waals surface area (Å²) in [6.07, 6.45) is 4.64. The maximum absolute atomic E-state index is 14.0. The number of imidazole rings is 1. The molecule has 3 aromatic carbocycles. The van der Waals surface area contributed by atoms with Crippen LogP contribution in [0, 0.1) is 11.8 Å². The Balaban J connectivity index is 0.000000325. The Hall–Kier alpha value is -4.17. The van der Waals surface area contributed by atoms with Gasteiger partial charge in [-0.1, -0.05) is 34.1 Å². The number of benzene rings is 3. The summed E-state index contributed by atoms with van der Waals surface area (Å²) in [6, 6.07) is 23.8. The van der Waals surface area contributed by atoms with Gasteiger partial charge in [-0.25, -0.2) is 14.4 Å². The minimum atomic E-state index is -0.527. The highest BCUT2D eigenvalue weighted by Crippen LogP contribution is 2.24. The maximum Gasteiger partial charge on any atom is 0.220 e. The zero-order chi connectivity index (χ0) is 25.5.